The smallest absolute Gasteiger partial charge is 0.265 e. The fourth-order valence-corrected chi connectivity index (χ4v) is 2.55. The summed E-state index contributed by atoms with van der Waals surface area (Å²) < 4.78 is 0. The number of thiazole rings is 1. The second-order valence-corrected chi connectivity index (χ2v) is 6.49. The second-order valence-electron chi connectivity index (χ2n) is 5.49. The van der Waals surface area contributed by atoms with Gasteiger partial charge >= 0.3 is 0 Å². The van der Waals surface area contributed by atoms with Crippen LogP contribution in [0.5, 0.6) is 0 Å². The summed E-state index contributed by atoms with van der Waals surface area (Å²) in [7, 11) is 0. The molecule has 0 aliphatic heterocycles. The molecule has 2 rings (SSSR count). The summed E-state index contributed by atoms with van der Waals surface area (Å²) in [6.45, 7) is 6.36. The van der Waals surface area contributed by atoms with Gasteiger partial charge in [0.15, 0.2) is 5.13 Å². The molecule has 21 heavy (non-hydrogen) atoms. The quantitative estimate of drug-likeness (QED) is 0.793. The number of carbonyl (C=O) groups excluding carboxylic acids is 1. The van der Waals surface area contributed by atoms with E-state index in [1.807, 2.05) is 20.8 Å². The Morgan fingerprint density at radius 3 is 2.81 bits per heavy atom. The Hall–Kier alpha value is -2.22. The number of anilines is 2. The van der Waals surface area contributed by atoms with Crippen molar-refractivity contribution in [1.82, 2.24) is 20.3 Å². The number of nitrogens with zero attached hydrogens (tertiary/aromatic N) is 3. The molecule has 112 valence electrons. The van der Waals surface area contributed by atoms with E-state index in [0.29, 0.717) is 16.6 Å². The zero-order chi connectivity index (χ0) is 15.5. The lowest BCUT2D eigenvalue weighted by Crippen LogP contribution is -2.25. The van der Waals surface area contributed by atoms with Crippen molar-refractivity contribution in [2.45, 2.75) is 32.9 Å². The van der Waals surface area contributed by atoms with Crippen LogP contribution in [0.25, 0.3) is 0 Å². The van der Waals surface area contributed by atoms with E-state index in [0.717, 1.165) is 5.69 Å². The Balaban J connectivity index is 2.02. The largest absolute Gasteiger partial charge is 0.382 e. The summed E-state index contributed by atoms with van der Waals surface area (Å²) in [5.41, 5.74) is 6.39. The Morgan fingerprint density at radius 1 is 1.43 bits per heavy atom. The summed E-state index contributed by atoms with van der Waals surface area (Å²) in [5, 5.41) is 6.60. The van der Waals surface area contributed by atoms with Gasteiger partial charge in [0, 0.05) is 11.7 Å². The van der Waals surface area contributed by atoms with Gasteiger partial charge in [-0.3, -0.25) is 4.79 Å². The van der Waals surface area contributed by atoms with E-state index in [2.05, 4.69) is 25.6 Å². The molecule has 4 N–H and O–H groups in total. The van der Waals surface area contributed by atoms with Crippen molar-refractivity contribution >= 4 is 28.2 Å². The molecule has 2 heterocycles. The summed E-state index contributed by atoms with van der Waals surface area (Å²) in [6, 6.07) is 1.74. The van der Waals surface area contributed by atoms with Crippen molar-refractivity contribution in [2.24, 2.45) is 0 Å². The number of hydrogen-bond acceptors (Lipinski definition) is 7. The lowest BCUT2D eigenvalue weighted by Gasteiger charge is -2.19. The number of hydrogen-bond donors (Lipinski definition) is 3. The molecule has 2 aromatic heterocycles. The van der Waals surface area contributed by atoms with Crippen LogP contribution in [0.15, 0.2) is 18.6 Å². The Bertz CT molecular complexity index is 619. The number of nitrogens with one attached hydrogen (secondary N) is 2. The van der Waals surface area contributed by atoms with Gasteiger partial charge in [0.25, 0.3) is 5.91 Å². The average Bonchev–Trinajstić information content (AvgIpc) is 2.76. The van der Waals surface area contributed by atoms with Crippen LogP contribution in [0.3, 0.4) is 0 Å². The monoisotopic (exact) mass is 306 g/mol. The number of rotatable bonds is 4. The highest BCUT2D eigenvalue weighted by atomic mass is 32.1. The average molecular weight is 306 g/mol. The van der Waals surface area contributed by atoms with Crippen LogP contribution in [0.1, 0.15) is 36.1 Å². The molecule has 8 heteroatoms. The van der Waals surface area contributed by atoms with Crippen LogP contribution < -0.4 is 16.4 Å². The molecule has 2 aromatic rings. The van der Waals surface area contributed by atoms with Gasteiger partial charge in [-0.05, 0) is 26.8 Å². The van der Waals surface area contributed by atoms with E-state index in [1.165, 1.54) is 17.7 Å². The normalized spacial score (nSPS) is 11.2. The van der Waals surface area contributed by atoms with Gasteiger partial charge < -0.3 is 16.4 Å². The van der Waals surface area contributed by atoms with Crippen LogP contribution in [0.2, 0.25) is 0 Å². The maximum Gasteiger partial charge on any atom is 0.265 e. The van der Waals surface area contributed by atoms with Crippen molar-refractivity contribution in [3.63, 3.8) is 0 Å². The second kappa shape index (κ2) is 6.04. The molecule has 0 aliphatic carbocycles. The lowest BCUT2D eigenvalue weighted by atomic mass is 10.1. The number of carbonyl (C=O) groups is 1. The zero-order valence-corrected chi connectivity index (χ0v) is 13.0. The molecule has 0 aliphatic rings. The minimum absolute atomic E-state index is 0.140. The van der Waals surface area contributed by atoms with E-state index < -0.39 is 0 Å². The molecule has 0 atom stereocenters. The molecule has 0 radical (unpaired) electrons. The number of amides is 1. The first-order valence-electron chi connectivity index (χ1n) is 6.43. The van der Waals surface area contributed by atoms with Crippen molar-refractivity contribution in [1.29, 1.82) is 0 Å². The molecule has 1 amide bonds. The Morgan fingerprint density at radius 2 is 2.19 bits per heavy atom. The van der Waals surface area contributed by atoms with Gasteiger partial charge in [-0.15, -0.1) is 0 Å². The lowest BCUT2D eigenvalue weighted by molar-refractivity contribution is 0.0955. The summed E-state index contributed by atoms with van der Waals surface area (Å²) in [5.74, 6) is -0.0301. The molecule has 0 aromatic carbocycles. The molecule has 0 saturated carbocycles. The zero-order valence-electron chi connectivity index (χ0n) is 12.2. The van der Waals surface area contributed by atoms with Crippen molar-refractivity contribution in [2.75, 3.05) is 11.1 Å². The van der Waals surface area contributed by atoms with Crippen LogP contribution in [0, 0.1) is 0 Å². The number of nitrogens with two attached hydrogens (primary N) is 1. The third kappa shape index (κ3) is 4.38. The van der Waals surface area contributed by atoms with E-state index in [9.17, 15) is 4.79 Å². The number of nitrogen functional groups attached to an aromatic ring is 1. The maximum absolute atomic E-state index is 12.1. The Labute approximate surface area is 127 Å². The van der Waals surface area contributed by atoms with Crippen LogP contribution >= 0.6 is 11.3 Å². The first-order valence-corrected chi connectivity index (χ1v) is 7.24. The maximum atomic E-state index is 12.1. The fraction of sp³-hybridized carbons (Fsp3) is 0.385. The van der Waals surface area contributed by atoms with Crippen molar-refractivity contribution < 1.29 is 4.79 Å². The molecule has 0 saturated heterocycles. The van der Waals surface area contributed by atoms with Crippen LogP contribution in [0.4, 0.5) is 10.9 Å². The fourth-order valence-electron chi connectivity index (χ4n) is 1.54. The summed E-state index contributed by atoms with van der Waals surface area (Å²) in [4.78, 5) is 24.6. The minimum Gasteiger partial charge on any atom is -0.382 e. The third-order valence-electron chi connectivity index (χ3n) is 2.41. The summed E-state index contributed by atoms with van der Waals surface area (Å²) >= 11 is 1.24. The first kappa shape index (κ1) is 15.2. The highest BCUT2D eigenvalue weighted by Gasteiger charge is 2.19. The molecule has 0 bridgehead atoms. The van der Waals surface area contributed by atoms with Crippen molar-refractivity contribution in [3.05, 3.63) is 29.2 Å². The highest BCUT2D eigenvalue weighted by Crippen LogP contribution is 2.27. The molecule has 0 fully saturated rings. The van der Waals surface area contributed by atoms with E-state index in [4.69, 9.17) is 5.73 Å². The highest BCUT2D eigenvalue weighted by molar-refractivity contribution is 7.18. The predicted octanol–water partition coefficient (Wildman–Crippen LogP) is 1.66. The molecular weight excluding hydrogens is 288 g/mol. The van der Waals surface area contributed by atoms with Gasteiger partial charge in [-0.2, -0.15) is 0 Å². The standard InChI is InChI=1S/C13H18N6OS/c1-13(2,3)19-12-18-10(14)9(21-12)11(20)16-6-8-4-5-15-7-17-8/h4-5,7H,6,14H2,1-3H3,(H,16,20)(H,18,19). The van der Waals surface area contributed by atoms with E-state index in [-0.39, 0.29) is 17.3 Å². The molecular formula is C13H18N6OS. The van der Waals surface area contributed by atoms with Gasteiger partial charge in [0.05, 0.1) is 12.2 Å². The van der Waals surface area contributed by atoms with Crippen LogP contribution in [-0.4, -0.2) is 26.4 Å². The SMILES string of the molecule is CC(C)(C)Nc1nc(N)c(C(=O)NCc2ccncn2)s1. The predicted molar refractivity (Wildman–Crippen MR) is 83.1 cm³/mol. The van der Waals surface area contributed by atoms with Gasteiger partial charge in [0.2, 0.25) is 0 Å². The summed E-state index contributed by atoms with van der Waals surface area (Å²) in [6.07, 6.45) is 3.06. The molecule has 7 nitrogen and oxygen atoms in total. The third-order valence-corrected chi connectivity index (χ3v) is 3.40. The van der Waals surface area contributed by atoms with Gasteiger partial charge in [-0.25, -0.2) is 15.0 Å². The van der Waals surface area contributed by atoms with Crippen LogP contribution in [-0.2, 0) is 6.54 Å². The number of aromatic nitrogens is 3. The topological polar surface area (TPSA) is 106 Å². The Kier molecular flexibility index (Phi) is 4.37. The van der Waals surface area contributed by atoms with Crippen molar-refractivity contribution in [3.8, 4) is 0 Å². The minimum atomic E-state index is -0.259. The van der Waals surface area contributed by atoms with Gasteiger partial charge in [0.1, 0.15) is 17.0 Å². The van der Waals surface area contributed by atoms with Gasteiger partial charge in [-0.1, -0.05) is 11.3 Å². The molecule has 0 unspecified atom stereocenters. The first-order chi connectivity index (χ1) is 9.85. The van der Waals surface area contributed by atoms with E-state index >= 15 is 0 Å². The molecule has 0 spiro atoms. The van der Waals surface area contributed by atoms with E-state index in [1.54, 1.807) is 12.3 Å².